The van der Waals surface area contributed by atoms with E-state index in [1.807, 2.05) is 41.3 Å². The van der Waals surface area contributed by atoms with E-state index in [9.17, 15) is 24.0 Å². The van der Waals surface area contributed by atoms with Crippen molar-refractivity contribution in [2.75, 3.05) is 11.4 Å². The van der Waals surface area contributed by atoms with Gasteiger partial charge in [-0.25, -0.2) is 14.6 Å². The molecule has 0 saturated carbocycles. The van der Waals surface area contributed by atoms with E-state index in [-0.39, 0.29) is 36.9 Å². The number of ether oxygens (including phenoxy) is 2. The molecule has 2 amide bonds. The Morgan fingerprint density at radius 2 is 1.48 bits per heavy atom. The Morgan fingerprint density at radius 3 is 2.09 bits per heavy atom. The third-order valence-electron chi connectivity index (χ3n) is 8.00. The topological polar surface area (TPSA) is 160 Å². The van der Waals surface area contributed by atoms with Gasteiger partial charge in [-0.15, -0.1) is 6.42 Å². The molecule has 4 aromatic rings. The third kappa shape index (κ3) is 12.3. The fourth-order valence-electron chi connectivity index (χ4n) is 5.62. The molecule has 54 heavy (non-hydrogen) atoms. The number of amides is 2. The molecule has 1 heterocycles. The number of carbonyl (C=O) groups excluding carboxylic acids is 4. The number of hydrogen-bond acceptors (Lipinski definition) is 9. The number of carbonyl (C=O) groups is 4. The van der Waals surface area contributed by atoms with Crippen molar-refractivity contribution in [3.8, 4) is 12.3 Å². The summed E-state index contributed by atoms with van der Waals surface area (Å²) in [6.07, 6.45) is 5.63. The first-order chi connectivity index (χ1) is 25.4. The summed E-state index contributed by atoms with van der Waals surface area (Å²) in [4.78, 5) is 74.6. The quantitative estimate of drug-likeness (QED) is 0.117. The first kappa shape index (κ1) is 40.8. The van der Waals surface area contributed by atoms with Gasteiger partial charge in [0.1, 0.15) is 29.1 Å². The van der Waals surface area contributed by atoms with Crippen LogP contribution in [0, 0.1) is 19.3 Å². The maximum absolute atomic E-state index is 13.5. The molecule has 3 aromatic carbocycles. The standard InChI is InChI=1S/C42H49N5O7/c1-9-23-47(26-29-15-20-33-32(24-29)38(50)44-27(2)43-33)31-18-16-30(17-19-31)37(49)46-34(39(51)53-41(3,4)5)21-22-36(48)45-35(40(52)54-42(6,7)8)25-28-13-11-10-12-14-28/h1,10-20,24,34-35H,21-23,25-26H2,2-8H3,(H,45,48)(H,46,49)(H,43,44,50)/t34-,35-/m0/s1. The number of aryl methyl sites for hydroxylation is 1. The van der Waals surface area contributed by atoms with Crippen molar-refractivity contribution in [2.45, 2.75) is 97.6 Å². The van der Waals surface area contributed by atoms with Crippen LogP contribution in [0.25, 0.3) is 10.9 Å². The zero-order valence-electron chi connectivity index (χ0n) is 31.9. The lowest BCUT2D eigenvalue weighted by Crippen LogP contribution is -2.47. The van der Waals surface area contributed by atoms with Crippen LogP contribution in [0.1, 0.15) is 81.7 Å². The molecule has 4 rings (SSSR count). The number of esters is 2. The summed E-state index contributed by atoms with van der Waals surface area (Å²) in [6.45, 7) is 12.7. The minimum absolute atomic E-state index is 0.0867. The zero-order chi connectivity index (χ0) is 39.6. The summed E-state index contributed by atoms with van der Waals surface area (Å²) in [7, 11) is 0. The number of terminal acetylenes is 1. The summed E-state index contributed by atoms with van der Waals surface area (Å²) >= 11 is 0. The molecule has 1 aromatic heterocycles. The van der Waals surface area contributed by atoms with Gasteiger partial charge >= 0.3 is 11.9 Å². The SMILES string of the molecule is C#CCN(Cc1ccc2nc(C)[nH]c(=O)c2c1)c1ccc(C(=O)N[C@@H](CCC(=O)N[C@@H](Cc2ccccc2)C(=O)OC(C)(C)C)C(=O)OC(C)(C)C)cc1. The minimum Gasteiger partial charge on any atom is -0.458 e. The number of fused-ring (bicyclic) bond motifs is 1. The van der Waals surface area contributed by atoms with Crippen molar-refractivity contribution < 1.29 is 28.7 Å². The lowest BCUT2D eigenvalue weighted by atomic mass is 10.0. The Hall–Kier alpha value is -5.96. The Kier molecular flexibility index (Phi) is 13.4. The molecule has 0 fully saturated rings. The summed E-state index contributed by atoms with van der Waals surface area (Å²) in [5, 5.41) is 5.95. The number of aromatic amines is 1. The van der Waals surface area contributed by atoms with Crippen molar-refractivity contribution in [2.24, 2.45) is 0 Å². The number of hydrogen-bond donors (Lipinski definition) is 3. The van der Waals surface area contributed by atoms with E-state index in [1.165, 1.54) is 0 Å². The third-order valence-corrected chi connectivity index (χ3v) is 8.00. The number of nitrogens with one attached hydrogen (secondary N) is 3. The van der Waals surface area contributed by atoms with Gasteiger partial charge in [-0.3, -0.25) is 14.4 Å². The van der Waals surface area contributed by atoms with Crippen LogP contribution in [0.2, 0.25) is 0 Å². The van der Waals surface area contributed by atoms with E-state index >= 15 is 0 Å². The van der Waals surface area contributed by atoms with E-state index < -0.39 is 47.0 Å². The van der Waals surface area contributed by atoms with Crippen LogP contribution < -0.4 is 21.1 Å². The molecular weight excluding hydrogens is 686 g/mol. The van der Waals surface area contributed by atoms with Gasteiger partial charge < -0.3 is 30.0 Å². The highest BCUT2D eigenvalue weighted by atomic mass is 16.6. The van der Waals surface area contributed by atoms with Crippen molar-refractivity contribution in [1.82, 2.24) is 20.6 Å². The molecule has 0 aliphatic heterocycles. The van der Waals surface area contributed by atoms with Crippen LogP contribution >= 0.6 is 0 Å². The monoisotopic (exact) mass is 735 g/mol. The van der Waals surface area contributed by atoms with E-state index in [4.69, 9.17) is 15.9 Å². The largest absolute Gasteiger partial charge is 0.458 e. The first-order valence-corrected chi connectivity index (χ1v) is 17.8. The van der Waals surface area contributed by atoms with Crippen molar-refractivity contribution in [1.29, 1.82) is 0 Å². The lowest BCUT2D eigenvalue weighted by Gasteiger charge is -2.26. The van der Waals surface area contributed by atoms with E-state index in [2.05, 4.69) is 26.5 Å². The molecule has 2 atom stereocenters. The first-order valence-electron chi connectivity index (χ1n) is 17.8. The Balaban J connectivity index is 1.46. The van der Waals surface area contributed by atoms with E-state index in [0.717, 1.165) is 16.8 Å². The maximum atomic E-state index is 13.5. The van der Waals surface area contributed by atoms with Gasteiger partial charge in [-0.05, 0) is 102 Å². The second kappa shape index (κ2) is 17.7. The molecule has 3 N–H and O–H groups in total. The number of rotatable bonds is 14. The van der Waals surface area contributed by atoms with Gasteiger partial charge in [0.05, 0.1) is 17.4 Å². The lowest BCUT2D eigenvalue weighted by molar-refractivity contribution is -0.159. The average Bonchev–Trinajstić information content (AvgIpc) is 3.08. The number of anilines is 1. The van der Waals surface area contributed by atoms with Crippen LogP contribution in [0.5, 0.6) is 0 Å². The number of nitrogens with zero attached hydrogens (tertiary/aromatic N) is 2. The number of aromatic nitrogens is 2. The second-order valence-electron chi connectivity index (χ2n) is 15.1. The predicted octanol–water partition coefficient (Wildman–Crippen LogP) is 5.16. The zero-order valence-corrected chi connectivity index (χ0v) is 31.9. The fourth-order valence-corrected chi connectivity index (χ4v) is 5.62. The van der Waals surface area contributed by atoms with Gasteiger partial charge in [0.2, 0.25) is 5.91 Å². The van der Waals surface area contributed by atoms with Crippen molar-refractivity contribution in [3.05, 3.63) is 106 Å². The normalized spacial score (nSPS) is 12.6. The maximum Gasteiger partial charge on any atom is 0.329 e. The Labute approximate surface area is 316 Å². The molecule has 0 aliphatic rings. The van der Waals surface area contributed by atoms with Crippen molar-refractivity contribution >= 4 is 40.3 Å². The molecule has 12 heteroatoms. The van der Waals surface area contributed by atoms with Gasteiger partial charge in [0.15, 0.2) is 0 Å². The van der Waals surface area contributed by atoms with E-state index in [1.54, 1.807) is 84.9 Å². The summed E-state index contributed by atoms with van der Waals surface area (Å²) in [5.74, 6) is 0.862. The summed E-state index contributed by atoms with van der Waals surface area (Å²) in [6, 6.07) is 19.3. The highest BCUT2D eigenvalue weighted by Gasteiger charge is 2.30. The molecular formula is C42H49N5O7. The summed E-state index contributed by atoms with van der Waals surface area (Å²) < 4.78 is 11.2. The molecule has 0 saturated heterocycles. The second-order valence-corrected chi connectivity index (χ2v) is 15.1. The molecule has 12 nitrogen and oxygen atoms in total. The smallest absolute Gasteiger partial charge is 0.329 e. The molecule has 0 aliphatic carbocycles. The van der Waals surface area contributed by atoms with Crippen molar-refractivity contribution in [3.63, 3.8) is 0 Å². The fraction of sp³-hybridized carbons (Fsp3) is 0.381. The molecule has 0 radical (unpaired) electrons. The van der Waals surface area contributed by atoms with Gasteiger partial charge in [0, 0.05) is 30.6 Å². The molecule has 0 unspecified atom stereocenters. The molecule has 284 valence electrons. The number of H-pyrrole nitrogens is 1. The van der Waals surface area contributed by atoms with Crippen LogP contribution in [0.3, 0.4) is 0 Å². The predicted molar refractivity (Wildman–Crippen MR) is 208 cm³/mol. The highest BCUT2D eigenvalue weighted by molar-refractivity contribution is 5.97. The van der Waals surface area contributed by atoms with Gasteiger partial charge in [0.25, 0.3) is 11.5 Å². The summed E-state index contributed by atoms with van der Waals surface area (Å²) in [5.41, 5.74) is 1.43. The molecule has 0 spiro atoms. The van der Waals surface area contributed by atoms with Crippen LogP contribution in [0.4, 0.5) is 5.69 Å². The van der Waals surface area contributed by atoms with Gasteiger partial charge in [-0.2, -0.15) is 0 Å². The Morgan fingerprint density at radius 1 is 0.852 bits per heavy atom. The van der Waals surface area contributed by atoms with E-state index in [0.29, 0.717) is 23.3 Å². The van der Waals surface area contributed by atoms with Crippen LogP contribution in [-0.2, 0) is 36.8 Å². The highest BCUT2D eigenvalue weighted by Crippen LogP contribution is 2.21. The minimum atomic E-state index is -1.16. The number of benzene rings is 3. The average molecular weight is 736 g/mol. The van der Waals surface area contributed by atoms with Crippen LogP contribution in [-0.4, -0.2) is 63.6 Å². The van der Waals surface area contributed by atoms with Crippen LogP contribution in [0.15, 0.2) is 77.6 Å². The molecule has 0 bridgehead atoms. The van der Waals surface area contributed by atoms with Gasteiger partial charge in [-0.1, -0.05) is 42.3 Å². The Bertz CT molecular complexity index is 2060.